The van der Waals surface area contributed by atoms with Crippen molar-refractivity contribution >= 4 is 77.5 Å². The molecule has 1 aromatic heterocycles. The highest BCUT2D eigenvalue weighted by atomic mass is 15.2. The number of fused-ring (bicyclic) bond motifs is 9. The van der Waals surface area contributed by atoms with Gasteiger partial charge in [0.1, 0.15) is 0 Å². The maximum Gasteiger partial charge on any atom is 0.0708 e. The minimum Gasteiger partial charge on any atom is -0.309 e. The molecule has 0 radical (unpaired) electrons. The molecular formula is C59H43N3. The van der Waals surface area contributed by atoms with Crippen molar-refractivity contribution in [3.63, 3.8) is 0 Å². The Hall–Kier alpha value is -7.88. The lowest BCUT2D eigenvalue weighted by molar-refractivity contribution is 0.661. The fourth-order valence-corrected chi connectivity index (χ4v) is 10.2. The molecule has 12 rings (SSSR count). The van der Waals surface area contributed by atoms with E-state index in [9.17, 15) is 0 Å². The maximum atomic E-state index is 2.48. The molecular weight excluding hydrogens is 751 g/mol. The molecule has 3 heteroatoms. The van der Waals surface area contributed by atoms with Crippen LogP contribution in [-0.4, -0.2) is 4.57 Å². The van der Waals surface area contributed by atoms with Crippen LogP contribution >= 0.6 is 0 Å². The maximum absolute atomic E-state index is 2.48. The Labute approximate surface area is 362 Å². The van der Waals surface area contributed by atoms with Crippen LogP contribution in [-0.2, 0) is 5.41 Å². The molecule has 0 bridgehead atoms. The summed E-state index contributed by atoms with van der Waals surface area (Å²) in [5.41, 5.74) is 15.1. The summed E-state index contributed by atoms with van der Waals surface area (Å²) in [6.45, 7) is 4.78. The number of nitrogens with zero attached hydrogens (tertiary/aromatic N) is 3. The van der Waals surface area contributed by atoms with Crippen LogP contribution in [0, 0.1) is 0 Å². The molecule has 0 aliphatic heterocycles. The average molecular weight is 794 g/mol. The van der Waals surface area contributed by atoms with Gasteiger partial charge in [-0.3, -0.25) is 0 Å². The van der Waals surface area contributed by atoms with Gasteiger partial charge in [0.15, 0.2) is 0 Å². The standard InChI is InChI=1S/C59H43N3/c1-59(2)52-35-30-40-18-14-15-27-48(40)58(52)51-38-56(60(43-21-6-3-7-22-43)44-23-8-4-9-24-44)57(39-53(51)59)61(45-25-10-5-11-26-45)46-31-33-47(34-32-46)62-54-29-17-16-28-49(54)50-36-41-19-12-13-20-42(41)37-55(50)62/h3-39H,1-2H3. The second kappa shape index (κ2) is 14.1. The fourth-order valence-electron chi connectivity index (χ4n) is 10.2. The second-order valence-electron chi connectivity index (χ2n) is 17.0. The van der Waals surface area contributed by atoms with E-state index in [1.165, 1.54) is 65.6 Å². The van der Waals surface area contributed by atoms with E-state index in [4.69, 9.17) is 0 Å². The Morgan fingerprint density at radius 3 is 1.48 bits per heavy atom. The third-order valence-corrected chi connectivity index (χ3v) is 13.1. The summed E-state index contributed by atoms with van der Waals surface area (Å²) in [6.07, 6.45) is 0. The van der Waals surface area contributed by atoms with Crippen molar-refractivity contribution in [2.45, 2.75) is 19.3 Å². The summed E-state index contributed by atoms with van der Waals surface area (Å²) in [5.74, 6) is 0. The summed E-state index contributed by atoms with van der Waals surface area (Å²) in [5, 5.41) is 7.54. The summed E-state index contributed by atoms with van der Waals surface area (Å²) in [4.78, 5) is 4.88. The second-order valence-corrected chi connectivity index (χ2v) is 17.0. The van der Waals surface area contributed by atoms with Crippen LogP contribution in [0.4, 0.5) is 34.1 Å². The molecule has 0 atom stereocenters. The molecule has 0 saturated carbocycles. The summed E-state index contributed by atoms with van der Waals surface area (Å²) in [7, 11) is 0. The molecule has 1 aliphatic rings. The molecule has 1 heterocycles. The highest BCUT2D eigenvalue weighted by Crippen LogP contribution is 2.57. The topological polar surface area (TPSA) is 11.4 Å². The Morgan fingerprint density at radius 2 is 0.855 bits per heavy atom. The molecule has 294 valence electrons. The molecule has 0 saturated heterocycles. The van der Waals surface area contributed by atoms with Crippen molar-refractivity contribution in [1.82, 2.24) is 4.57 Å². The number of hydrogen-bond acceptors (Lipinski definition) is 2. The molecule has 10 aromatic carbocycles. The Balaban J connectivity index is 1.12. The van der Waals surface area contributed by atoms with Crippen LogP contribution in [0.3, 0.4) is 0 Å². The number of hydrogen-bond donors (Lipinski definition) is 0. The number of benzene rings is 10. The van der Waals surface area contributed by atoms with Crippen molar-refractivity contribution in [2.75, 3.05) is 9.80 Å². The molecule has 0 fully saturated rings. The van der Waals surface area contributed by atoms with Gasteiger partial charge in [0.25, 0.3) is 0 Å². The summed E-state index contributed by atoms with van der Waals surface area (Å²) < 4.78 is 2.42. The smallest absolute Gasteiger partial charge is 0.0708 e. The zero-order valence-electron chi connectivity index (χ0n) is 34.7. The van der Waals surface area contributed by atoms with Gasteiger partial charge in [0.05, 0.1) is 22.4 Å². The van der Waals surface area contributed by atoms with E-state index in [1.807, 2.05) is 0 Å². The van der Waals surface area contributed by atoms with Crippen molar-refractivity contribution < 1.29 is 0 Å². The number of anilines is 6. The van der Waals surface area contributed by atoms with Crippen LogP contribution in [0.25, 0.3) is 60.2 Å². The van der Waals surface area contributed by atoms with E-state index < -0.39 is 0 Å². The molecule has 0 spiro atoms. The normalized spacial score (nSPS) is 12.8. The third kappa shape index (κ3) is 5.59. The predicted octanol–water partition coefficient (Wildman–Crippen LogP) is 16.3. The lowest BCUT2D eigenvalue weighted by Gasteiger charge is -2.35. The van der Waals surface area contributed by atoms with E-state index in [0.717, 1.165) is 39.8 Å². The third-order valence-electron chi connectivity index (χ3n) is 13.1. The van der Waals surface area contributed by atoms with Gasteiger partial charge in [0.2, 0.25) is 0 Å². The van der Waals surface area contributed by atoms with Crippen molar-refractivity contribution in [2.24, 2.45) is 0 Å². The first-order chi connectivity index (χ1) is 30.5. The van der Waals surface area contributed by atoms with Gasteiger partial charge in [-0.15, -0.1) is 0 Å². The van der Waals surface area contributed by atoms with Gasteiger partial charge >= 0.3 is 0 Å². The lowest BCUT2D eigenvalue weighted by atomic mass is 9.81. The van der Waals surface area contributed by atoms with Crippen LogP contribution < -0.4 is 9.80 Å². The predicted molar refractivity (Wildman–Crippen MR) is 263 cm³/mol. The molecule has 1 aliphatic carbocycles. The first-order valence-corrected chi connectivity index (χ1v) is 21.5. The van der Waals surface area contributed by atoms with E-state index in [2.05, 4.69) is 253 Å². The Bertz CT molecular complexity index is 3440. The lowest BCUT2D eigenvalue weighted by Crippen LogP contribution is -2.20. The van der Waals surface area contributed by atoms with Gasteiger partial charge in [-0.2, -0.15) is 0 Å². The Kier molecular flexibility index (Phi) is 8.20. The average Bonchev–Trinajstić information content (AvgIpc) is 3.76. The minimum atomic E-state index is -0.237. The van der Waals surface area contributed by atoms with Crippen molar-refractivity contribution in [3.05, 3.63) is 236 Å². The first-order valence-electron chi connectivity index (χ1n) is 21.5. The van der Waals surface area contributed by atoms with Gasteiger partial charge < -0.3 is 14.4 Å². The quantitative estimate of drug-likeness (QED) is 0.159. The number of aromatic nitrogens is 1. The van der Waals surface area contributed by atoms with Crippen molar-refractivity contribution in [3.8, 4) is 16.8 Å². The first kappa shape index (κ1) is 36.0. The van der Waals surface area contributed by atoms with Crippen LogP contribution in [0.15, 0.2) is 224 Å². The zero-order chi connectivity index (χ0) is 41.4. The summed E-state index contributed by atoms with van der Waals surface area (Å²) >= 11 is 0. The van der Waals surface area contributed by atoms with Crippen LogP contribution in [0.1, 0.15) is 25.0 Å². The molecule has 0 unspecified atom stereocenters. The minimum absolute atomic E-state index is 0.237. The number of para-hydroxylation sites is 4. The van der Waals surface area contributed by atoms with Crippen LogP contribution in [0.2, 0.25) is 0 Å². The zero-order valence-corrected chi connectivity index (χ0v) is 34.7. The molecule has 62 heavy (non-hydrogen) atoms. The van der Waals surface area contributed by atoms with Crippen molar-refractivity contribution in [1.29, 1.82) is 0 Å². The monoisotopic (exact) mass is 793 g/mol. The molecule has 0 N–H and O–H groups in total. The summed E-state index contributed by atoms with van der Waals surface area (Å²) in [6, 6.07) is 82.2. The molecule has 3 nitrogen and oxygen atoms in total. The largest absolute Gasteiger partial charge is 0.309 e. The highest BCUT2D eigenvalue weighted by molar-refractivity contribution is 6.13. The highest BCUT2D eigenvalue weighted by Gasteiger charge is 2.39. The van der Waals surface area contributed by atoms with Crippen LogP contribution in [0.5, 0.6) is 0 Å². The van der Waals surface area contributed by atoms with Gasteiger partial charge in [-0.1, -0.05) is 147 Å². The molecule has 11 aromatic rings. The van der Waals surface area contributed by atoms with Gasteiger partial charge in [0, 0.05) is 44.6 Å². The van der Waals surface area contributed by atoms with Gasteiger partial charge in [-0.05, 0) is 135 Å². The van der Waals surface area contributed by atoms with Gasteiger partial charge in [-0.25, -0.2) is 0 Å². The van der Waals surface area contributed by atoms with E-state index in [1.54, 1.807) is 0 Å². The Morgan fingerprint density at radius 1 is 0.355 bits per heavy atom. The molecule has 0 amide bonds. The van der Waals surface area contributed by atoms with E-state index in [-0.39, 0.29) is 5.41 Å². The number of rotatable bonds is 7. The fraction of sp³-hybridized carbons (Fsp3) is 0.0508. The van der Waals surface area contributed by atoms with E-state index in [0.29, 0.717) is 0 Å². The van der Waals surface area contributed by atoms with E-state index >= 15 is 0 Å². The SMILES string of the molecule is CC1(C)c2cc(N(c3ccccc3)c3ccc(-n4c5ccccc5c5cc6ccccc6cc54)cc3)c(N(c3ccccc3)c3ccccc3)cc2-c2c1ccc1ccccc21.